The van der Waals surface area contributed by atoms with Gasteiger partial charge in [-0.1, -0.05) is 28.6 Å². The van der Waals surface area contributed by atoms with Gasteiger partial charge in [0.05, 0.1) is 16.8 Å². The van der Waals surface area contributed by atoms with E-state index in [2.05, 4.69) is 27.2 Å². The third-order valence-corrected chi connectivity index (χ3v) is 2.66. The van der Waals surface area contributed by atoms with Gasteiger partial charge < -0.3 is 9.84 Å². The summed E-state index contributed by atoms with van der Waals surface area (Å²) in [5, 5.41) is 10.8. The van der Waals surface area contributed by atoms with E-state index < -0.39 is 35.1 Å². The Morgan fingerprint density at radius 3 is 2.52 bits per heavy atom. The van der Waals surface area contributed by atoms with E-state index in [4.69, 9.17) is 5.11 Å². The summed E-state index contributed by atoms with van der Waals surface area (Å²) in [4.78, 5) is 22.4. The molecule has 0 spiro atoms. The average molecular weight is 368 g/mol. The Hall–Kier alpha value is -2.03. The van der Waals surface area contributed by atoms with Crippen LogP contribution in [0.5, 0.6) is 0 Å². The van der Waals surface area contributed by atoms with Crippen LogP contribution in [-0.2, 0) is 10.9 Å². The molecule has 1 aromatic rings. The normalized spacial score (nSPS) is 10.9. The number of hydrogen-bond acceptors (Lipinski definition) is 3. The van der Waals surface area contributed by atoms with Crippen LogP contribution in [0, 0.1) is 0 Å². The molecule has 2 N–H and O–H groups in total. The molecule has 0 heterocycles. The molecule has 0 atom stereocenters. The molecule has 9 heteroatoms. The number of carboxylic acid groups (broad SMARTS) is 1. The van der Waals surface area contributed by atoms with Crippen molar-refractivity contribution in [2.24, 2.45) is 0 Å². The van der Waals surface area contributed by atoms with Crippen molar-refractivity contribution in [3.05, 3.63) is 40.4 Å². The molecule has 1 amide bonds. The van der Waals surface area contributed by atoms with Crippen molar-refractivity contribution in [3.8, 4) is 0 Å². The van der Waals surface area contributed by atoms with Gasteiger partial charge in [-0.3, -0.25) is 5.32 Å². The molecule has 1 aromatic carbocycles. The van der Waals surface area contributed by atoms with Gasteiger partial charge in [0, 0.05) is 4.47 Å². The van der Waals surface area contributed by atoms with Crippen molar-refractivity contribution in [2.45, 2.75) is 6.18 Å². The molecule has 0 aliphatic heterocycles. The summed E-state index contributed by atoms with van der Waals surface area (Å²) in [6.45, 7) is 3.04. The number of benzene rings is 1. The van der Waals surface area contributed by atoms with E-state index in [-0.39, 0.29) is 11.1 Å². The number of anilines is 1. The maximum Gasteiger partial charge on any atom is 0.418 e. The standard InChI is InChI=1S/C12H9BrF3NO4/c1-2-3-21-11(20)17-9-7(10(18)19)4-6(13)5-8(9)12(14,15)16/h2,4-5H,1,3H2,(H,17,20)(H,18,19). The lowest BCUT2D eigenvalue weighted by Gasteiger charge is -2.16. The fourth-order valence-corrected chi connectivity index (χ4v) is 1.86. The van der Waals surface area contributed by atoms with Gasteiger partial charge in [-0.15, -0.1) is 0 Å². The highest BCUT2D eigenvalue weighted by Gasteiger charge is 2.36. The number of alkyl halides is 3. The van der Waals surface area contributed by atoms with Crippen molar-refractivity contribution in [2.75, 3.05) is 11.9 Å². The monoisotopic (exact) mass is 367 g/mol. The highest BCUT2D eigenvalue weighted by atomic mass is 79.9. The van der Waals surface area contributed by atoms with Gasteiger partial charge in [0.1, 0.15) is 6.61 Å². The Bertz CT molecular complexity index is 587. The third-order valence-electron chi connectivity index (χ3n) is 2.20. The Kier molecular flexibility index (Phi) is 5.36. The second kappa shape index (κ2) is 6.61. The van der Waals surface area contributed by atoms with E-state index in [1.165, 1.54) is 6.08 Å². The van der Waals surface area contributed by atoms with Crippen LogP contribution in [0.15, 0.2) is 29.3 Å². The van der Waals surface area contributed by atoms with Gasteiger partial charge in [0.15, 0.2) is 0 Å². The molecule has 0 saturated carbocycles. The minimum absolute atomic E-state index is 0.0859. The molecule has 0 bridgehead atoms. The van der Waals surface area contributed by atoms with Crippen LogP contribution in [0.25, 0.3) is 0 Å². The number of aromatic carboxylic acids is 1. The minimum Gasteiger partial charge on any atom is -0.478 e. The first-order chi connectivity index (χ1) is 9.66. The van der Waals surface area contributed by atoms with E-state index in [1.54, 1.807) is 5.32 Å². The summed E-state index contributed by atoms with van der Waals surface area (Å²) in [6.07, 6.45) is -4.86. The Labute approximate surface area is 125 Å². The van der Waals surface area contributed by atoms with E-state index in [9.17, 15) is 22.8 Å². The molecule has 1 rings (SSSR count). The van der Waals surface area contributed by atoms with E-state index in [1.807, 2.05) is 0 Å². The zero-order valence-corrected chi connectivity index (χ0v) is 11.9. The fourth-order valence-electron chi connectivity index (χ4n) is 1.41. The molecule has 0 saturated heterocycles. The first-order valence-electron chi connectivity index (χ1n) is 5.35. The molecular formula is C12H9BrF3NO4. The maximum absolute atomic E-state index is 13.0. The number of ether oxygens (including phenoxy) is 1. The smallest absolute Gasteiger partial charge is 0.418 e. The van der Waals surface area contributed by atoms with Crippen LogP contribution in [0.3, 0.4) is 0 Å². The van der Waals surface area contributed by atoms with Crippen molar-refractivity contribution in [1.29, 1.82) is 0 Å². The predicted molar refractivity (Wildman–Crippen MR) is 71.3 cm³/mol. The molecule has 0 radical (unpaired) electrons. The van der Waals surface area contributed by atoms with Crippen LogP contribution < -0.4 is 5.32 Å². The molecule has 5 nitrogen and oxygen atoms in total. The highest BCUT2D eigenvalue weighted by molar-refractivity contribution is 9.10. The van der Waals surface area contributed by atoms with E-state index in [0.29, 0.717) is 6.07 Å². The highest BCUT2D eigenvalue weighted by Crippen LogP contribution is 2.39. The first kappa shape index (κ1) is 17.0. The van der Waals surface area contributed by atoms with Crippen LogP contribution >= 0.6 is 15.9 Å². The number of carboxylic acids is 1. The summed E-state index contributed by atoms with van der Waals surface area (Å²) in [5.74, 6) is -1.62. The zero-order chi connectivity index (χ0) is 16.2. The topological polar surface area (TPSA) is 75.6 Å². The molecule has 0 aromatic heterocycles. The summed E-state index contributed by atoms with van der Waals surface area (Å²) >= 11 is 2.80. The van der Waals surface area contributed by atoms with Gasteiger partial charge >= 0.3 is 18.2 Å². The predicted octanol–water partition coefficient (Wildman–Crippen LogP) is 3.90. The second-order valence-corrected chi connectivity index (χ2v) is 4.61. The lowest BCUT2D eigenvalue weighted by atomic mass is 10.1. The summed E-state index contributed by atoms with van der Waals surface area (Å²) in [6, 6.07) is 1.61. The van der Waals surface area contributed by atoms with E-state index >= 15 is 0 Å². The SMILES string of the molecule is C=CCOC(=O)Nc1c(C(=O)O)cc(Br)cc1C(F)(F)F. The Morgan fingerprint density at radius 2 is 2.05 bits per heavy atom. The minimum atomic E-state index is -4.85. The number of hydrogen-bond donors (Lipinski definition) is 2. The van der Waals surface area contributed by atoms with Crippen molar-refractivity contribution < 1.29 is 32.6 Å². The van der Waals surface area contributed by atoms with Crippen LogP contribution in [-0.4, -0.2) is 23.8 Å². The molecule has 0 fully saturated rings. The molecule has 0 aliphatic rings. The number of carbonyl (C=O) groups is 2. The molecule has 0 unspecified atom stereocenters. The number of amides is 1. The van der Waals surface area contributed by atoms with E-state index in [0.717, 1.165) is 6.07 Å². The van der Waals surface area contributed by atoms with Crippen LogP contribution in [0.1, 0.15) is 15.9 Å². The number of nitrogens with one attached hydrogen (secondary N) is 1. The molecule has 0 aliphatic carbocycles. The lowest BCUT2D eigenvalue weighted by Crippen LogP contribution is -2.20. The molecular weight excluding hydrogens is 359 g/mol. The summed E-state index contributed by atoms with van der Waals surface area (Å²) < 4.78 is 43.3. The Morgan fingerprint density at radius 1 is 1.43 bits per heavy atom. The van der Waals surface area contributed by atoms with Gasteiger partial charge in [0.25, 0.3) is 0 Å². The summed E-state index contributed by atoms with van der Waals surface area (Å²) in [7, 11) is 0. The Balaban J connectivity index is 3.34. The van der Waals surface area contributed by atoms with Crippen LogP contribution in [0.2, 0.25) is 0 Å². The fraction of sp³-hybridized carbons (Fsp3) is 0.167. The summed E-state index contributed by atoms with van der Waals surface area (Å²) in [5.41, 5.74) is -2.90. The number of halogens is 4. The van der Waals surface area contributed by atoms with Crippen LogP contribution in [0.4, 0.5) is 23.7 Å². The zero-order valence-electron chi connectivity index (χ0n) is 10.3. The van der Waals surface area contributed by atoms with Gasteiger partial charge in [-0.2, -0.15) is 13.2 Å². The number of rotatable bonds is 4. The largest absolute Gasteiger partial charge is 0.478 e. The molecule has 114 valence electrons. The molecule has 21 heavy (non-hydrogen) atoms. The number of carbonyl (C=O) groups excluding carboxylic acids is 1. The second-order valence-electron chi connectivity index (χ2n) is 3.69. The average Bonchev–Trinajstić information content (AvgIpc) is 2.36. The van der Waals surface area contributed by atoms with Gasteiger partial charge in [-0.25, -0.2) is 9.59 Å². The van der Waals surface area contributed by atoms with Gasteiger partial charge in [-0.05, 0) is 12.1 Å². The van der Waals surface area contributed by atoms with Gasteiger partial charge in [0.2, 0.25) is 0 Å². The quantitative estimate of drug-likeness (QED) is 0.791. The van der Waals surface area contributed by atoms with Crippen molar-refractivity contribution in [1.82, 2.24) is 0 Å². The third kappa shape index (κ3) is 4.48. The maximum atomic E-state index is 13.0. The lowest BCUT2D eigenvalue weighted by molar-refractivity contribution is -0.137. The van der Waals surface area contributed by atoms with Crippen molar-refractivity contribution in [3.63, 3.8) is 0 Å². The van der Waals surface area contributed by atoms with Crippen molar-refractivity contribution >= 4 is 33.7 Å². The first-order valence-corrected chi connectivity index (χ1v) is 6.14.